The van der Waals surface area contributed by atoms with Crippen molar-refractivity contribution in [3.8, 4) is 0 Å². The van der Waals surface area contributed by atoms with Crippen LogP contribution in [0.4, 0.5) is 0 Å². The number of hydrogen-bond donors (Lipinski definition) is 1. The van der Waals surface area contributed by atoms with Crippen LogP contribution in [0.3, 0.4) is 0 Å². The maximum Gasteiger partial charge on any atom is 0.0553 e. The summed E-state index contributed by atoms with van der Waals surface area (Å²) in [6, 6.07) is 2.63. The molecule has 0 amide bonds. The van der Waals surface area contributed by atoms with E-state index in [-0.39, 0.29) is 0 Å². The van der Waals surface area contributed by atoms with Gasteiger partial charge in [0.15, 0.2) is 0 Å². The number of nitrogens with zero attached hydrogens (tertiary/aromatic N) is 2. The van der Waals surface area contributed by atoms with Crippen molar-refractivity contribution in [2.45, 2.75) is 65.5 Å². The van der Waals surface area contributed by atoms with Gasteiger partial charge in [-0.15, -0.1) is 0 Å². The molecule has 1 N–H and O–H groups in total. The minimum absolute atomic E-state index is 0.473. The van der Waals surface area contributed by atoms with Crippen LogP contribution >= 0.6 is 0 Å². The SMILES string of the molecule is CCCCCC(NCC)c1ccnn1CCC. The summed E-state index contributed by atoms with van der Waals surface area (Å²) < 4.78 is 2.15. The Morgan fingerprint density at radius 1 is 1.24 bits per heavy atom. The molecule has 0 spiro atoms. The fraction of sp³-hybridized carbons (Fsp3) is 0.786. The van der Waals surface area contributed by atoms with E-state index in [4.69, 9.17) is 0 Å². The van der Waals surface area contributed by atoms with Gasteiger partial charge in [0.1, 0.15) is 0 Å². The molecule has 0 bridgehead atoms. The van der Waals surface area contributed by atoms with Crippen molar-refractivity contribution in [1.82, 2.24) is 15.1 Å². The summed E-state index contributed by atoms with van der Waals surface area (Å²) in [6.07, 6.45) is 8.19. The molecule has 17 heavy (non-hydrogen) atoms. The van der Waals surface area contributed by atoms with E-state index in [1.807, 2.05) is 6.20 Å². The van der Waals surface area contributed by atoms with Crippen LogP contribution in [-0.4, -0.2) is 16.3 Å². The Labute approximate surface area is 106 Å². The van der Waals surface area contributed by atoms with Gasteiger partial charge in [-0.25, -0.2) is 0 Å². The van der Waals surface area contributed by atoms with Crippen molar-refractivity contribution < 1.29 is 0 Å². The Morgan fingerprint density at radius 2 is 2.06 bits per heavy atom. The predicted octanol–water partition coefficient (Wildman–Crippen LogP) is 3.52. The highest BCUT2D eigenvalue weighted by molar-refractivity contribution is 5.07. The Kier molecular flexibility index (Phi) is 6.94. The summed E-state index contributed by atoms with van der Waals surface area (Å²) >= 11 is 0. The summed E-state index contributed by atoms with van der Waals surface area (Å²) in [6.45, 7) is 8.67. The van der Waals surface area contributed by atoms with E-state index in [2.05, 4.69) is 41.9 Å². The molecule has 0 aliphatic carbocycles. The van der Waals surface area contributed by atoms with Crippen LogP contribution in [0.15, 0.2) is 12.3 Å². The lowest BCUT2D eigenvalue weighted by molar-refractivity contribution is 0.441. The quantitative estimate of drug-likeness (QED) is 0.666. The fourth-order valence-corrected chi connectivity index (χ4v) is 2.24. The van der Waals surface area contributed by atoms with Crippen molar-refractivity contribution in [1.29, 1.82) is 0 Å². The molecule has 0 radical (unpaired) electrons. The highest BCUT2D eigenvalue weighted by Gasteiger charge is 2.14. The Morgan fingerprint density at radius 3 is 2.71 bits per heavy atom. The third kappa shape index (κ3) is 4.50. The summed E-state index contributed by atoms with van der Waals surface area (Å²) in [4.78, 5) is 0. The first-order chi connectivity index (χ1) is 8.33. The van der Waals surface area contributed by atoms with Crippen LogP contribution in [0.2, 0.25) is 0 Å². The summed E-state index contributed by atoms with van der Waals surface area (Å²) in [5.74, 6) is 0. The lowest BCUT2D eigenvalue weighted by atomic mass is 10.1. The lowest BCUT2D eigenvalue weighted by Gasteiger charge is -2.19. The first-order valence-corrected chi connectivity index (χ1v) is 7.08. The largest absolute Gasteiger partial charge is 0.309 e. The predicted molar refractivity (Wildman–Crippen MR) is 73.1 cm³/mol. The zero-order valence-corrected chi connectivity index (χ0v) is 11.6. The maximum atomic E-state index is 4.41. The molecule has 0 aliphatic heterocycles. The molecule has 0 aliphatic rings. The minimum atomic E-state index is 0.473. The monoisotopic (exact) mass is 237 g/mol. The molecule has 1 heterocycles. The molecule has 0 fully saturated rings. The van der Waals surface area contributed by atoms with Crippen molar-refractivity contribution in [2.75, 3.05) is 6.54 Å². The van der Waals surface area contributed by atoms with Gasteiger partial charge in [-0.1, -0.05) is 40.0 Å². The van der Waals surface area contributed by atoms with E-state index >= 15 is 0 Å². The molecule has 1 aromatic heterocycles. The number of nitrogens with one attached hydrogen (secondary N) is 1. The van der Waals surface area contributed by atoms with Crippen LogP contribution in [0.25, 0.3) is 0 Å². The van der Waals surface area contributed by atoms with E-state index < -0.39 is 0 Å². The van der Waals surface area contributed by atoms with E-state index in [0.717, 1.165) is 19.5 Å². The molecule has 0 aromatic carbocycles. The third-order valence-electron chi connectivity index (χ3n) is 3.09. The molecule has 1 unspecified atom stereocenters. The normalized spacial score (nSPS) is 12.9. The van der Waals surface area contributed by atoms with Crippen molar-refractivity contribution >= 4 is 0 Å². The van der Waals surface area contributed by atoms with Gasteiger partial charge in [-0.05, 0) is 25.5 Å². The Hall–Kier alpha value is -0.830. The topological polar surface area (TPSA) is 29.9 Å². The van der Waals surface area contributed by atoms with Gasteiger partial charge in [-0.2, -0.15) is 5.10 Å². The highest BCUT2D eigenvalue weighted by atomic mass is 15.3. The number of unbranched alkanes of at least 4 members (excludes halogenated alkanes) is 2. The molecule has 0 saturated heterocycles. The second-order valence-corrected chi connectivity index (χ2v) is 4.59. The van der Waals surface area contributed by atoms with Gasteiger partial charge < -0.3 is 5.32 Å². The summed E-state index contributed by atoms with van der Waals surface area (Å²) in [5.41, 5.74) is 1.35. The number of aromatic nitrogens is 2. The molecule has 0 saturated carbocycles. The van der Waals surface area contributed by atoms with Crippen molar-refractivity contribution in [3.63, 3.8) is 0 Å². The average Bonchev–Trinajstić information content (AvgIpc) is 2.77. The van der Waals surface area contributed by atoms with Crippen LogP contribution in [0.1, 0.15) is 64.6 Å². The second kappa shape index (κ2) is 8.29. The molecular formula is C14H27N3. The Balaban J connectivity index is 2.63. The van der Waals surface area contributed by atoms with E-state index in [1.165, 1.54) is 31.4 Å². The van der Waals surface area contributed by atoms with Gasteiger partial charge >= 0.3 is 0 Å². The number of rotatable bonds is 9. The molecule has 1 atom stereocenters. The van der Waals surface area contributed by atoms with E-state index in [9.17, 15) is 0 Å². The van der Waals surface area contributed by atoms with E-state index in [0.29, 0.717) is 6.04 Å². The standard InChI is InChI=1S/C14H27N3/c1-4-7-8-9-13(15-6-3)14-10-11-16-17(14)12-5-2/h10-11,13,15H,4-9,12H2,1-3H3. The smallest absolute Gasteiger partial charge is 0.0553 e. The number of hydrogen-bond acceptors (Lipinski definition) is 2. The van der Waals surface area contributed by atoms with Gasteiger partial charge in [-0.3, -0.25) is 4.68 Å². The van der Waals surface area contributed by atoms with Crippen LogP contribution < -0.4 is 5.32 Å². The third-order valence-corrected chi connectivity index (χ3v) is 3.09. The molecule has 1 rings (SSSR count). The van der Waals surface area contributed by atoms with E-state index in [1.54, 1.807) is 0 Å². The zero-order valence-electron chi connectivity index (χ0n) is 11.6. The Bertz CT molecular complexity index is 293. The number of aryl methyl sites for hydroxylation is 1. The lowest BCUT2D eigenvalue weighted by Crippen LogP contribution is -2.24. The fourth-order valence-electron chi connectivity index (χ4n) is 2.24. The molecule has 1 aromatic rings. The highest BCUT2D eigenvalue weighted by Crippen LogP contribution is 2.19. The molecular weight excluding hydrogens is 210 g/mol. The minimum Gasteiger partial charge on any atom is -0.309 e. The molecule has 3 nitrogen and oxygen atoms in total. The second-order valence-electron chi connectivity index (χ2n) is 4.59. The van der Waals surface area contributed by atoms with Crippen LogP contribution in [0.5, 0.6) is 0 Å². The van der Waals surface area contributed by atoms with Gasteiger partial charge in [0, 0.05) is 18.8 Å². The van der Waals surface area contributed by atoms with Crippen LogP contribution in [-0.2, 0) is 6.54 Å². The van der Waals surface area contributed by atoms with Gasteiger partial charge in [0.05, 0.1) is 5.69 Å². The zero-order chi connectivity index (χ0) is 12.5. The summed E-state index contributed by atoms with van der Waals surface area (Å²) in [5, 5.41) is 8.00. The maximum absolute atomic E-state index is 4.41. The first kappa shape index (κ1) is 14.2. The van der Waals surface area contributed by atoms with Crippen molar-refractivity contribution in [2.24, 2.45) is 0 Å². The average molecular weight is 237 g/mol. The van der Waals surface area contributed by atoms with Gasteiger partial charge in [0.25, 0.3) is 0 Å². The molecule has 3 heteroatoms. The first-order valence-electron chi connectivity index (χ1n) is 7.08. The summed E-state index contributed by atoms with van der Waals surface area (Å²) in [7, 11) is 0. The molecule has 98 valence electrons. The van der Waals surface area contributed by atoms with Crippen LogP contribution in [0, 0.1) is 0 Å². The van der Waals surface area contributed by atoms with Gasteiger partial charge in [0.2, 0.25) is 0 Å². The van der Waals surface area contributed by atoms with Crippen molar-refractivity contribution in [3.05, 3.63) is 18.0 Å².